The van der Waals surface area contributed by atoms with Gasteiger partial charge in [0.15, 0.2) is 0 Å². The zero-order chi connectivity index (χ0) is 14.2. The van der Waals surface area contributed by atoms with Crippen LogP contribution in [0.2, 0.25) is 0 Å². The summed E-state index contributed by atoms with van der Waals surface area (Å²) in [5.41, 5.74) is 8.75. The maximum atomic E-state index is 6.23. The Morgan fingerprint density at radius 2 is 2.00 bits per heavy atom. The van der Waals surface area contributed by atoms with Crippen molar-refractivity contribution in [2.75, 3.05) is 12.8 Å². The molecule has 0 aromatic carbocycles. The number of aromatic nitrogens is 4. The number of nitrogen functional groups attached to an aromatic ring is 1. The molecular weight excluding hydrogens is 242 g/mol. The molecule has 0 atom stereocenters. The monoisotopic (exact) mass is 263 g/mol. The fourth-order valence-electron chi connectivity index (χ4n) is 2.46. The quantitative estimate of drug-likeness (QED) is 0.912. The molecule has 0 aliphatic heterocycles. The molecule has 0 spiro atoms. The molecule has 2 aromatic heterocycles. The Morgan fingerprint density at radius 3 is 2.47 bits per heavy atom. The van der Waals surface area contributed by atoms with Crippen LogP contribution in [0.5, 0.6) is 5.88 Å². The number of aryl methyl sites for hydroxylation is 3. The van der Waals surface area contributed by atoms with Crippen LogP contribution >= 0.6 is 0 Å². The van der Waals surface area contributed by atoms with Crippen LogP contribution in [0.3, 0.4) is 0 Å². The SMILES string of the molecule is CCc1nc(-c2c(C)nn(C)c2OC)c(N)n1CC. The fourth-order valence-corrected chi connectivity index (χ4v) is 2.46. The van der Waals surface area contributed by atoms with Crippen molar-refractivity contribution in [2.24, 2.45) is 7.05 Å². The third kappa shape index (κ3) is 1.97. The van der Waals surface area contributed by atoms with Crippen LogP contribution in [-0.4, -0.2) is 26.4 Å². The zero-order valence-electron chi connectivity index (χ0n) is 12.2. The normalized spacial score (nSPS) is 11.0. The van der Waals surface area contributed by atoms with Gasteiger partial charge in [0, 0.05) is 20.0 Å². The van der Waals surface area contributed by atoms with E-state index in [0.29, 0.717) is 11.7 Å². The highest BCUT2D eigenvalue weighted by molar-refractivity contribution is 5.77. The number of nitrogens with zero attached hydrogens (tertiary/aromatic N) is 4. The lowest BCUT2D eigenvalue weighted by Crippen LogP contribution is -2.04. The Hall–Kier alpha value is -1.98. The molecule has 2 heterocycles. The van der Waals surface area contributed by atoms with Crippen molar-refractivity contribution < 1.29 is 4.74 Å². The van der Waals surface area contributed by atoms with E-state index in [-0.39, 0.29) is 0 Å². The lowest BCUT2D eigenvalue weighted by atomic mass is 10.2. The van der Waals surface area contributed by atoms with Crippen molar-refractivity contribution >= 4 is 5.82 Å². The first-order valence-electron chi connectivity index (χ1n) is 6.47. The number of hydrogen-bond acceptors (Lipinski definition) is 4. The van der Waals surface area contributed by atoms with Gasteiger partial charge in [0.25, 0.3) is 0 Å². The fraction of sp³-hybridized carbons (Fsp3) is 0.538. The second-order valence-corrected chi connectivity index (χ2v) is 4.45. The van der Waals surface area contributed by atoms with Crippen LogP contribution in [0, 0.1) is 6.92 Å². The Labute approximate surface area is 113 Å². The second-order valence-electron chi connectivity index (χ2n) is 4.45. The summed E-state index contributed by atoms with van der Waals surface area (Å²) in [5.74, 6) is 2.35. The minimum atomic E-state index is 0.675. The average molecular weight is 263 g/mol. The summed E-state index contributed by atoms with van der Waals surface area (Å²) in [4.78, 5) is 4.66. The number of anilines is 1. The van der Waals surface area contributed by atoms with Gasteiger partial charge in [-0.1, -0.05) is 6.92 Å². The van der Waals surface area contributed by atoms with E-state index in [0.717, 1.165) is 35.7 Å². The number of nitrogens with two attached hydrogens (primary N) is 1. The highest BCUT2D eigenvalue weighted by Gasteiger charge is 2.23. The molecule has 0 saturated carbocycles. The van der Waals surface area contributed by atoms with Gasteiger partial charge in [0.05, 0.1) is 18.4 Å². The van der Waals surface area contributed by atoms with Crippen LogP contribution in [0.15, 0.2) is 0 Å². The molecular formula is C13H21N5O. The predicted molar refractivity (Wildman–Crippen MR) is 75.2 cm³/mol. The Kier molecular flexibility index (Phi) is 3.50. The summed E-state index contributed by atoms with van der Waals surface area (Å²) in [6.45, 7) is 6.89. The molecule has 0 aliphatic carbocycles. The topological polar surface area (TPSA) is 70.9 Å². The smallest absolute Gasteiger partial charge is 0.221 e. The molecule has 0 unspecified atom stereocenters. The first-order valence-corrected chi connectivity index (χ1v) is 6.47. The van der Waals surface area contributed by atoms with E-state index in [1.807, 2.05) is 18.5 Å². The van der Waals surface area contributed by atoms with Crippen LogP contribution in [0.1, 0.15) is 25.4 Å². The third-order valence-corrected chi connectivity index (χ3v) is 3.32. The third-order valence-electron chi connectivity index (χ3n) is 3.32. The molecule has 19 heavy (non-hydrogen) atoms. The molecule has 0 saturated heterocycles. The van der Waals surface area contributed by atoms with Crippen LogP contribution in [-0.2, 0) is 20.0 Å². The highest BCUT2D eigenvalue weighted by atomic mass is 16.5. The summed E-state index contributed by atoms with van der Waals surface area (Å²) in [5, 5.41) is 4.38. The maximum absolute atomic E-state index is 6.23. The number of rotatable bonds is 4. The molecule has 0 fully saturated rings. The summed E-state index contributed by atoms with van der Waals surface area (Å²) >= 11 is 0. The first-order chi connectivity index (χ1) is 9.04. The van der Waals surface area contributed by atoms with Crippen molar-refractivity contribution in [1.82, 2.24) is 19.3 Å². The predicted octanol–water partition coefficient (Wildman–Crippen LogP) is 1.77. The van der Waals surface area contributed by atoms with E-state index >= 15 is 0 Å². The van der Waals surface area contributed by atoms with Crippen LogP contribution in [0.25, 0.3) is 11.3 Å². The van der Waals surface area contributed by atoms with Gasteiger partial charge in [-0.25, -0.2) is 9.67 Å². The van der Waals surface area contributed by atoms with Crippen molar-refractivity contribution in [3.8, 4) is 17.1 Å². The molecule has 6 nitrogen and oxygen atoms in total. The van der Waals surface area contributed by atoms with Crippen molar-refractivity contribution in [3.05, 3.63) is 11.5 Å². The lowest BCUT2D eigenvalue weighted by molar-refractivity contribution is 0.374. The maximum Gasteiger partial charge on any atom is 0.221 e. The summed E-state index contributed by atoms with van der Waals surface area (Å²) in [6, 6.07) is 0. The van der Waals surface area contributed by atoms with E-state index in [1.54, 1.807) is 11.8 Å². The van der Waals surface area contributed by atoms with Gasteiger partial charge in [-0.15, -0.1) is 0 Å². The number of methoxy groups -OCH3 is 1. The standard InChI is InChI=1S/C13H21N5O/c1-6-9-15-11(12(14)18(9)7-2)10-8(3)16-17(4)13(10)19-5/h6-7,14H2,1-5H3. The first kappa shape index (κ1) is 13.5. The Bertz CT molecular complexity index is 597. The second kappa shape index (κ2) is 4.95. The van der Waals surface area contributed by atoms with Crippen molar-refractivity contribution in [3.63, 3.8) is 0 Å². The van der Waals surface area contributed by atoms with Gasteiger partial charge in [-0.3, -0.25) is 0 Å². The van der Waals surface area contributed by atoms with E-state index in [4.69, 9.17) is 10.5 Å². The minimum Gasteiger partial charge on any atom is -0.481 e. The molecule has 104 valence electrons. The van der Waals surface area contributed by atoms with E-state index < -0.39 is 0 Å². The van der Waals surface area contributed by atoms with Crippen LogP contribution in [0.4, 0.5) is 5.82 Å². The van der Waals surface area contributed by atoms with Gasteiger partial charge < -0.3 is 15.0 Å². The van der Waals surface area contributed by atoms with Gasteiger partial charge in [0.2, 0.25) is 5.88 Å². The van der Waals surface area contributed by atoms with E-state index in [2.05, 4.69) is 23.9 Å². The lowest BCUT2D eigenvalue weighted by Gasteiger charge is -2.05. The van der Waals surface area contributed by atoms with Gasteiger partial charge >= 0.3 is 0 Å². The zero-order valence-corrected chi connectivity index (χ0v) is 12.2. The molecule has 0 radical (unpaired) electrons. The summed E-state index contributed by atoms with van der Waals surface area (Å²) in [7, 11) is 3.48. The molecule has 2 N–H and O–H groups in total. The number of ether oxygens (including phenoxy) is 1. The average Bonchev–Trinajstić information content (AvgIpc) is 2.85. The van der Waals surface area contributed by atoms with E-state index in [1.165, 1.54) is 0 Å². The molecule has 0 aliphatic rings. The molecule has 2 aromatic rings. The van der Waals surface area contributed by atoms with E-state index in [9.17, 15) is 0 Å². The number of imidazole rings is 1. The minimum absolute atomic E-state index is 0.675. The molecule has 6 heteroatoms. The summed E-state index contributed by atoms with van der Waals surface area (Å²) < 4.78 is 9.16. The van der Waals surface area contributed by atoms with Crippen molar-refractivity contribution in [2.45, 2.75) is 33.7 Å². The van der Waals surface area contributed by atoms with Gasteiger partial charge in [0.1, 0.15) is 17.3 Å². The van der Waals surface area contributed by atoms with Gasteiger partial charge in [-0.05, 0) is 13.8 Å². The summed E-state index contributed by atoms with van der Waals surface area (Å²) in [6.07, 6.45) is 0.847. The number of hydrogen-bond donors (Lipinski definition) is 1. The molecule has 0 bridgehead atoms. The highest BCUT2D eigenvalue weighted by Crippen LogP contribution is 2.36. The molecule has 0 amide bonds. The molecule has 2 rings (SSSR count). The van der Waals surface area contributed by atoms with Crippen molar-refractivity contribution in [1.29, 1.82) is 0 Å². The Balaban J connectivity index is 2.69. The Morgan fingerprint density at radius 1 is 1.32 bits per heavy atom. The van der Waals surface area contributed by atoms with Gasteiger partial charge in [-0.2, -0.15) is 5.10 Å². The van der Waals surface area contributed by atoms with Crippen LogP contribution < -0.4 is 10.5 Å². The largest absolute Gasteiger partial charge is 0.481 e.